The van der Waals surface area contributed by atoms with E-state index in [0.29, 0.717) is 52.0 Å². The molecule has 34 heavy (non-hydrogen) atoms. The molecule has 0 radical (unpaired) electrons. The number of esters is 1. The van der Waals surface area contributed by atoms with Gasteiger partial charge in [0.25, 0.3) is 0 Å². The number of benzene rings is 1. The van der Waals surface area contributed by atoms with Gasteiger partial charge in [-0.25, -0.2) is 4.79 Å². The summed E-state index contributed by atoms with van der Waals surface area (Å²) in [5.74, 6) is 0.740. The number of furan rings is 1. The van der Waals surface area contributed by atoms with Crippen LogP contribution >= 0.6 is 11.6 Å². The second-order valence-corrected chi connectivity index (χ2v) is 10.1. The lowest BCUT2D eigenvalue weighted by atomic mass is 9.69. The zero-order valence-electron chi connectivity index (χ0n) is 20.2. The number of dihydropyridines is 1. The topological polar surface area (TPSA) is 77.8 Å². The molecular weight excluding hydrogens is 454 g/mol. The van der Waals surface area contributed by atoms with E-state index >= 15 is 0 Å². The van der Waals surface area contributed by atoms with Crippen molar-refractivity contribution in [3.8, 4) is 5.75 Å². The molecule has 0 saturated carbocycles. The highest BCUT2D eigenvalue weighted by molar-refractivity contribution is 6.31. The summed E-state index contributed by atoms with van der Waals surface area (Å²) in [6.07, 6.45) is 1.12. The predicted octanol–water partition coefficient (Wildman–Crippen LogP) is 5.99. The van der Waals surface area contributed by atoms with Gasteiger partial charge in [0.1, 0.15) is 23.9 Å². The van der Waals surface area contributed by atoms with Gasteiger partial charge in [-0.2, -0.15) is 0 Å². The molecule has 1 atom stereocenters. The van der Waals surface area contributed by atoms with Gasteiger partial charge in [0.15, 0.2) is 5.78 Å². The Balaban J connectivity index is 1.67. The van der Waals surface area contributed by atoms with Gasteiger partial charge in [0, 0.05) is 28.4 Å². The molecule has 2 aliphatic rings. The predicted molar refractivity (Wildman–Crippen MR) is 129 cm³/mol. The number of halogens is 1. The average molecular weight is 484 g/mol. The number of aryl methyl sites for hydroxylation is 1. The summed E-state index contributed by atoms with van der Waals surface area (Å²) in [6, 6.07) is 9.08. The highest BCUT2D eigenvalue weighted by Gasteiger charge is 2.44. The lowest BCUT2D eigenvalue weighted by Crippen LogP contribution is -2.38. The maximum absolute atomic E-state index is 13.3. The Morgan fingerprint density at radius 3 is 2.68 bits per heavy atom. The van der Waals surface area contributed by atoms with Gasteiger partial charge in [0.2, 0.25) is 0 Å². The van der Waals surface area contributed by atoms with Crippen LogP contribution in [0.3, 0.4) is 0 Å². The molecule has 1 aliphatic carbocycles. The van der Waals surface area contributed by atoms with Crippen LogP contribution in [0.1, 0.15) is 63.5 Å². The highest BCUT2D eigenvalue weighted by Crippen LogP contribution is 2.47. The van der Waals surface area contributed by atoms with Crippen LogP contribution in [0.5, 0.6) is 5.75 Å². The molecule has 0 fully saturated rings. The molecule has 1 unspecified atom stereocenters. The molecule has 0 amide bonds. The first kappa shape index (κ1) is 24.1. The SMILES string of the molecule is CCOC(=O)C1=C(C)NC2=C(C(=O)CC(C)(C)C2)C1c1ccc(COc2ccc(Cl)c(C)c2)o1. The summed E-state index contributed by atoms with van der Waals surface area (Å²) in [4.78, 5) is 26.2. The molecule has 7 heteroatoms. The lowest BCUT2D eigenvalue weighted by Gasteiger charge is -2.38. The van der Waals surface area contributed by atoms with Gasteiger partial charge in [-0.15, -0.1) is 0 Å². The molecule has 1 aromatic carbocycles. The Morgan fingerprint density at radius 2 is 1.97 bits per heavy atom. The van der Waals surface area contributed by atoms with Crippen LogP contribution in [0, 0.1) is 12.3 Å². The van der Waals surface area contributed by atoms with Gasteiger partial charge in [-0.3, -0.25) is 4.79 Å². The monoisotopic (exact) mass is 483 g/mol. The van der Waals surface area contributed by atoms with Crippen molar-refractivity contribution in [1.29, 1.82) is 0 Å². The number of allylic oxidation sites excluding steroid dienone is 3. The second-order valence-electron chi connectivity index (χ2n) is 9.65. The second kappa shape index (κ2) is 9.34. The third-order valence-electron chi connectivity index (χ3n) is 6.21. The molecular formula is C27H30ClNO5. The van der Waals surface area contributed by atoms with E-state index in [4.69, 9.17) is 25.5 Å². The number of hydrogen-bond donors (Lipinski definition) is 1. The van der Waals surface area contributed by atoms with Gasteiger partial charge < -0.3 is 19.2 Å². The van der Waals surface area contributed by atoms with E-state index in [0.717, 1.165) is 11.3 Å². The zero-order chi connectivity index (χ0) is 24.6. The maximum Gasteiger partial charge on any atom is 0.336 e. The summed E-state index contributed by atoms with van der Waals surface area (Å²) < 4.78 is 17.4. The van der Waals surface area contributed by atoms with Crippen molar-refractivity contribution in [2.75, 3.05) is 6.61 Å². The number of carbonyl (C=O) groups is 2. The number of Topliss-reactive ketones (excluding diaryl/α,β-unsaturated/α-hetero) is 1. The Hall–Kier alpha value is -2.99. The van der Waals surface area contributed by atoms with Crippen LogP contribution in [0.15, 0.2) is 57.3 Å². The van der Waals surface area contributed by atoms with E-state index in [-0.39, 0.29) is 24.4 Å². The van der Waals surface area contributed by atoms with Crippen molar-refractivity contribution in [2.45, 2.75) is 60.0 Å². The molecule has 0 spiro atoms. The molecule has 1 aliphatic heterocycles. The third-order valence-corrected chi connectivity index (χ3v) is 6.64. The Labute approximate surface area is 204 Å². The number of carbonyl (C=O) groups excluding carboxylic acids is 2. The molecule has 4 rings (SSSR count). The van der Waals surface area contributed by atoms with Crippen LogP contribution in [-0.2, 0) is 20.9 Å². The normalized spacial score (nSPS) is 19.6. The van der Waals surface area contributed by atoms with Crippen LogP contribution < -0.4 is 10.1 Å². The first-order valence-electron chi connectivity index (χ1n) is 11.5. The summed E-state index contributed by atoms with van der Waals surface area (Å²) >= 11 is 6.09. The van der Waals surface area contributed by atoms with Gasteiger partial charge in [-0.1, -0.05) is 25.4 Å². The minimum absolute atomic E-state index is 0.0175. The molecule has 2 aromatic rings. The number of rotatable bonds is 6. The average Bonchev–Trinajstić information content (AvgIpc) is 3.21. The minimum atomic E-state index is -0.620. The van der Waals surface area contributed by atoms with Crippen LogP contribution in [0.4, 0.5) is 0 Å². The number of ketones is 1. The standard InChI is InChI=1S/C27H30ClNO5/c1-6-32-26(31)23-16(3)29-20-12-27(4,5)13-21(30)24(20)25(23)22-10-8-18(34-22)14-33-17-7-9-19(28)15(2)11-17/h7-11,25,29H,6,12-14H2,1-5H3. The van der Waals surface area contributed by atoms with E-state index in [1.807, 2.05) is 32.0 Å². The number of nitrogens with one attached hydrogen (secondary N) is 1. The Kier molecular flexibility index (Phi) is 6.63. The quantitative estimate of drug-likeness (QED) is 0.508. The van der Waals surface area contributed by atoms with Gasteiger partial charge in [0.05, 0.1) is 18.1 Å². The van der Waals surface area contributed by atoms with Crippen molar-refractivity contribution in [3.63, 3.8) is 0 Å². The van der Waals surface area contributed by atoms with Crippen LogP contribution in [0.25, 0.3) is 0 Å². The summed E-state index contributed by atoms with van der Waals surface area (Å²) in [6.45, 7) is 10.1. The summed E-state index contributed by atoms with van der Waals surface area (Å²) in [5.41, 5.74) is 3.29. The summed E-state index contributed by atoms with van der Waals surface area (Å²) in [7, 11) is 0. The van der Waals surface area contributed by atoms with Crippen molar-refractivity contribution in [2.24, 2.45) is 5.41 Å². The van der Waals surface area contributed by atoms with Crippen LogP contribution in [-0.4, -0.2) is 18.4 Å². The maximum atomic E-state index is 13.3. The molecule has 180 valence electrons. The molecule has 0 saturated heterocycles. The van der Waals surface area contributed by atoms with Crippen LogP contribution in [0.2, 0.25) is 5.02 Å². The Morgan fingerprint density at radius 1 is 1.21 bits per heavy atom. The van der Waals surface area contributed by atoms with Gasteiger partial charge in [-0.05, 0) is 68.5 Å². The van der Waals surface area contributed by atoms with Crippen molar-refractivity contribution < 1.29 is 23.5 Å². The molecule has 6 nitrogen and oxygen atoms in total. The minimum Gasteiger partial charge on any atom is -0.486 e. The third kappa shape index (κ3) is 4.78. The molecule has 2 heterocycles. The largest absolute Gasteiger partial charge is 0.486 e. The smallest absolute Gasteiger partial charge is 0.336 e. The number of ether oxygens (including phenoxy) is 2. The first-order chi connectivity index (χ1) is 16.1. The molecule has 1 N–H and O–H groups in total. The van der Waals surface area contributed by atoms with Crippen molar-refractivity contribution >= 4 is 23.4 Å². The van der Waals surface area contributed by atoms with E-state index in [9.17, 15) is 9.59 Å². The summed E-state index contributed by atoms with van der Waals surface area (Å²) in [5, 5.41) is 3.99. The van der Waals surface area contributed by atoms with E-state index in [1.54, 1.807) is 19.1 Å². The highest BCUT2D eigenvalue weighted by atomic mass is 35.5. The number of hydrogen-bond acceptors (Lipinski definition) is 6. The Bertz CT molecular complexity index is 1200. The van der Waals surface area contributed by atoms with Crippen molar-refractivity contribution in [3.05, 3.63) is 75.0 Å². The molecule has 0 bridgehead atoms. The van der Waals surface area contributed by atoms with Crippen molar-refractivity contribution in [1.82, 2.24) is 5.32 Å². The molecule has 1 aromatic heterocycles. The van der Waals surface area contributed by atoms with E-state index < -0.39 is 11.9 Å². The zero-order valence-corrected chi connectivity index (χ0v) is 21.0. The first-order valence-corrected chi connectivity index (χ1v) is 11.9. The van der Waals surface area contributed by atoms with E-state index in [1.165, 1.54) is 0 Å². The van der Waals surface area contributed by atoms with E-state index in [2.05, 4.69) is 19.2 Å². The van der Waals surface area contributed by atoms with Gasteiger partial charge >= 0.3 is 5.97 Å². The fraction of sp³-hybridized carbons (Fsp3) is 0.407. The fourth-order valence-corrected chi connectivity index (χ4v) is 4.81. The fourth-order valence-electron chi connectivity index (χ4n) is 4.69. The lowest BCUT2D eigenvalue weighted by molar-refractivity contribution is -0.138.